The van der Waals surface area contributed by atoms with Gasteiger partial charge < -0.3 is 0 Å². The number of nitrogens with zero attached hydrogens (tertiary/aromatic N) is 4. The van der Waals surface area contributed by atoms with E-state index in [0.29, 0.717) is 4.31 Å². The van der Waals surface area contributed by atoms with Gasteiger partial charge in [0.15, 0.2) is 0 Å². The molecule has 0 aliphatic rings. The van der Waals surface area contributed by atoms with Crippen molar-refractivity contribution in [2.24, 2.45) is 0 Å². The zero-order chi connectivity index (χ0) is 16.9. The van der Waals surface area contributed by atoms with Gasteiger partial charge in [-0.3, -0.25) is 10.1 Å². The zero-order valence-electron chi connectivity index (χ0n) is 11.2. The number of alkyl halides is 3. The van der Waals surface area contributed by atoms with Gasteiger partial charge in [-0.05, 0) is 6.07 Å². The van der Waals surface area contributed by atoms with E-state index in [1.54, 1.807) is 0 Å². The largest absolute Gasteiger partial charge is 0.450 e. The number of aromatic nitrogens is 2. The number of hydrogen-bond acceptors (Lipinski definition) is 5. The van der Waals surface area contributed by atoms with E-state index in [0.717, 1.165) is 32.3 Å². The van der Waals surface area contributed by atoms with Crippen molar-refractivity contribution in [2.45, 2.75) is 6.18 Å². The molecule has 2 rings (SSSR count). The molecule has 0 unspecified atom stereocenters. The van der Waals surface area contributed by atoms with Gasteiger partial charge in [0.2, 0.25) is 5.82 Å². The molecule has 0 aliphatic heterocycles. The second-order valence-electron chi connectivity index (χ2n) is 4.42. The van der Waals surface area contributed by atoms with E-state index in [2.05, 4.69) is 4.98 Å². The van der Waals surface area contributed by atoms with E-state index >= 15 is 0 Å². The molecule has 1 aromatic carbocycles. The topological polar surface area (TPSA) is 98.3 Å². The minimum absolute atomic E-state index is 0.0463. The van der Waals surface area contributed by atoms with E-state index in [1.165, 1.54) is 0 Å². The quantitative estimate of drug-likeness (QED) is 0.625. The number of rotatable bonds is 3. The first kappa shape index (κ1) is 16.2. The van der Waals surface area contributed by atoms with Crippen molar-refractivity contribution >= 4 is 26.9 Å². The van der Waals surface area contributed by atoms with Gasteiger partial charge >= 0.3 is 16.4 Å². The van der Waals surface area contributed by atoms with Crippen LogP contribution in [0.3, 0.4) is 0 Å². The normalized spacial score (nSPS) is 13.0. The summed E-state index contributed by atoms with van der Waals surface area (Å²) in [5, 5.41) is 10.7. The molecule has 0 aliphatic carbocycles. The maximum Gasteiger partial charge on any atom is 0.450 e. The molecule has 0 bridgehead atoms. The predicted molar refractivity (Wildman–Crippen MR) is 69.4 cm³/mol. The van der Waals surface area contributed by atoms with Gasteiger partial charge in [0.1, 0.15) is 0 Å². The molecular weight excluding hydrogens is 329 g/mol. The summed E-state index contributed by atoms with van der Waals surface area (Å²) in [5.41, 5.74) is -1.38. The average molecular weight is 338 g/mol. The van der Waals surface area contributed by atoms with Crippen LogP contribution in [0.1, 0.15) is 5.82 Å². The fourth-order valence-electron chi connectivity index (χ4n) is 1.73. The molecule has 120 valence electrons. The molecule has 0 fully saturated rings. The number of nitro benzene ring substituents is 1. The lowest BCUT2D eigenvalue weighted by Gasteiger charge is -2.16. The smallest absolute Gasteiger partial charge is 0.258 e. The maximum atomic E-state index is 13.0. The van der Waals surface area contributed by atoms with E-state index in [-0.39, 0.29) is 9.49 Å². The molecule has 0 saturated carbocycles. The van der Waals surface area contributed by atoms with Crippen molar-refractivity contribution in [2.75, 3.05) is 14.1 Å². The Labute approximate surface area is 122 Å². The summed E-state index contributed by atoms with van der Waals surface area (Å²) in [5.74, 6) is -1.67. The number of fused-ring (bicyclic) bond motifs is 1. The van der Waals surface area contributed by atoms with Crippen LogP contribution in [0.15, 0.2) is 18.2 Å². The van der Waals surface area contributed by atoms with Crippen molar-refractivity contribution < 1.29 is 26.5 Å². The van der Waals surface area contributed by atoms with Crippen molar-refractivity contribution in [1.82, 2.24) is 13.3 Å². The zero-order valence-corrected chi connectivity index (χ0v) is 12.0. The second kappa shape index (κ2) is 4.91. The number of benzene rings is 1. The van der Waals surface area contributed by atoms with E-state index in [4.69, 9.17) is 0 Å². The first-order chi connectivity index (χ1) is 9.96. The fraction of sp³-hybridized carbons (Fsp3) is 0.300. The molecule has 1 aromatic heterocycles. The van der Waals surface area contributed by atoms with Gasteiger partial charge in [-0.25, -0.2) is 8.96 Å². The number of non-ortho nitro benzene ring substituents is 1. The molecule has 22 heavy (non-hydrogen) atoms. The third-order valence-corrected chi connectivity index (χ3v) is 4.51. The molecule has 0 saturated heterocycles. The first-order valence-corrected chi connectivity index (χ1v) is 7.03. The van der Waals surface area contributed by atoms with Gasteiger partial charge in [0.25, 0.3) is 5.69 Å². The Hall–Kier alpha value is -2.21. The molecule has 0 spiro atoms. The standard InChI is InChI=1S/C10H9F3N4O4S/c1-15(2)22(20,21)16-8-5-6(17(18)19)3-4-7(8)14-9(16)10(11,12)13/h3-5H,1-2H3. The van der Waals surface area contributed by atoms with Crippen molar-refractivity contribution in [1.29, 1.82) is 0 Å². The molecule has 12 heteroatoms. The summed E-state index contributed by atoms with van der Waals surface area (Å²) >= 11 is 0. The molecule has 0 N–H and O–H groups in total. The van der Waals surface area contributed by atoms with Crippen LogP contribution >= 0.6 is 0 Å². The fourth-order valence-corrected chi connectivity index (χ4v) is 2.82. The summed E-state index contributed by atoms with van der Waals surface area (Å²) in [7, 11) is -2.49. The van der Waals surface area contributed by atoms with Crippen LogP contribution in [0.4, 0.5) is 18.9 Å². The first-order valence-electron chi connectivity index (χ1n) is 5.63. The lowest BCUT2D eigenvalue weighted by atomic mass is 10.3. The van der Waals surface area contributed by atoms with Gasteiger partial charge in [-0.2, -0.15) is 25.9 Å². The highest BCUT2D eigenvalue weighted by Gasteiger charge is 2.41. The highest BCUT2D eigenvalue weighted by molar-refractivity contribution is 7.87. The molecular formula is C10H9F3N4O4S. The summed E-state index contributed by atoms with van der Waals surface area (Å²) in [6.45, 7) is 0. The summed E-state index contributed by atoms with van der Waals surface area (Å²) in [6.07, 6.45) is -5.04. The monoisotopic (exact) mass is 338 g/mol. The number of imidazole rings is 1. The van der Waals surface area contributed by atoms with Crippen LogP contribution in [0, 0.1) is 10.1 Å². The van der Waals surface area contributed by atoms with E-state index in [1.807, 2.05) is 0 Å². The Morgan fingerprint density at radius 2 is 1.91 bits per heavy atom. The highest BCUT2D eigenvalue weighted by Crippen LogP contribution is 2.34. The van der Waals surface area contributed by atoms with Gasteiger partial charge in [0.05, 0.1) is 16.0 Å². The Morgan fingerprint density at radius 1 is 1.32 bits per heavy atom. The number of nitro groups is 1. The summed E-state index contributed by atoms with van der Waals surface area (Å²) < 4.78 is 63.9. The van der Waals surface area contributed by atoms with Crippen LogP contribution in [0.2, 0.25) is 0 Å². The molecule has 0 amide bonds. The number of halogens is 3. The third-order valence-electron chi connectivity index (χ3n) is 2.75. The molecule has 2 aromatic rings. The lowest BCUT2D eigenvalue weighted by molar-refractivity contribution is -0.384. The minimum atomic E-state index is -5.04. The number of hydrogen-bond donors (Lipinski definition) is 0. The summed E-state index contributed by atoms with van der Waals surface area (Å²) in [6, 6.07) is 2.64. The predicted octanol–water partition coefficient (Wildman–Crippen LogP) is 1.62. The Kier molecular flexibility index (Phi) is 3.61. The maximum absolute atomic E-state index is 13.0. The van der Waals surface area contributed by atoms with Crippen molar-refractivity contribution in [3.05, 3.63) is 34.1 Å². The SMILES string of the molecule is CN(C)S(=O)(=O)n1c(C(F)(F)F)nc2ccc([N+](=O)[O-])cc21. The Morgan fingerprint density at radius 3 is 2.36 bits per heavy atom. The van der Waals surface area contributed by atoms with Crippen LogP contribution < -0.4 is 0 Å². The van der Waals surface area contributed by atoms with Gasteiger partial charge in [-0.1, -0.05) is 0 Å². The molecule has 1 heterocycles. The third kappa shape index (κ3) is 2.50. The lowest BCUT2D eigenvalue weighted by Crippen LogP contribution is -2.32. The molecule has 8 nitrogen and oxygen atoms in total. The van der Waals surface area contributed by atoms with Crippen LogP contribution in [-0.4, -0.2) is 40.7 Å². The van der Waals surface area contributed by atoms with Crippen molar-refractivity contribution in [3.63, 3.8) is 0 Å². The van der Waals surface area contributed by atoms with Gasteiger partial charge in [-0.15, -0.1) is 0 Å². The van der Waals surface area contributed by atoms with Gasteiger partial charge in [0, 0.05) is 26.2 Å². The molecule has 0 atom stereocenters. The Balaban J connectivity index is 2.95. The van der Waals surface area contributed by atoms with E-state index < -0.39 is 38.3 Å². The van der Waals surface area contributed by atoms with Crippen LogP contribution in [-0.2, 0) is 16.4 Å². The van der Waals surface area contributed by atoms with Crippen molar-refractivity contribution in [3.8, 4) is 0 Å². The second-order valence-corrected chi connectivity index (χ2v) is 6.41. The summed E-state index contributed by atoms with van der Waals surface area (Å²) in [4.78, 5) is 13.1. The average Bonchev–Trinajstić information content (AvgIpc) is 2.76. The highest BCUT2D eigenvalue weighted by atomic mass is 32.2. The van der Waals surface area contributed by atoms with Crippen LogP contribution in [0.5, 0.6) is 0 Å². The Bertz CT molecular complexity index is 857. The molecule has 0 radical (unpaired) electrons. The van der Waals surface area contributed by atoms with Crippen LogP contribution in [0.25, 0.3) is 11.0 Å². The minimum Gasteiger partial charge on any atom is -0.258 e. The van der Waals surface area contributed by atoms with E-state index in [9.17, 15) is 31.7 Å².